The van der Waals surface area contributed by atoms with E-state index >= 15 is 4.39 Å². The van der Waals surface area contributed by atoms with Crippen LogP contribution in [0.5, 0.6) is 5.75 Å². The topological polar surface area (TPSA) is 29.5 Å². The fourth-order valence-electron chi connectivity index (χ4n) is 7.74. The molecule has 3 heteroatoms. The summed E-state index contributed by atoms with van der Waals surface area (Å²) >= 11 is 0. The lowest BCUT2D eigenvalue weighted by Crippen LogP contribution is -2.55. The highest BCUT2D eigenvalue weighted by atomic mass is 19.1. The minimum atomic E-state index is -1.37. The molecule has 1 spiro atoms. The van der Waals surface area contributed by atoms with Gasteiger partial charge in [0.2, 0.25) is 0 Å². The quantitative estimate of drug-likeness (QED) is 0.856. The second-order valence-electron chi connectivity index (χ2n) is 9.52. The summed E-state index contributed by atoms with van der Waals surface area (Å²) < 4.78 is 21.1. The van der Waals surface area contributed by atoms with Crippen molar-refractivity contribution in [1.29, 1.82) is 0 Å². The van der Waals surface area contributed by atoms with E-state index < -0.39 is 5.67 Å². The molecule has 0 heterocycles. The number of alkyl halides is 1. The van der Waals surface area contributed by atoms with E-state index in [4.69, 9.17) is 4.74 Å². The van der Waals surface area contributed by atoms with Crippen LogP contribution in [0, 0.1) is 28.6 Å². The van der Waals surface area contributed by atoms with Crippen molar-refractivity contribution < 1.29 is 14.2 Å². The molecular weight excluding hydrogens is 315 g/mol. The van der Waals surface area contributed by atoms with E-state index in [1.165, 1.54) is 17.5 Å². The molecule has 7 atom stereocenters. The van der Waals surface area contributed by atoms with Crippen molar-refractivity contribution in [3.8, 4) is 5.75 Å². The first kappa shape index (κ1) is 16.1. The van der Waals surface area contributed by atoms with E-state index in [0.29, 0.717) is 30.1 Å². The normalized spacial score (nSPS) is 49.6. The summed E-state index contributed by atoms with van der Waals surface area (Å²) in [7, 11) is 1.73. The Bertz CT molecular complexity index is 733. The molecule has 25 heavy (non-hydrogen) atoms. The largest absolute Gasteiger partial charge is 0.497 e. The van der Waals surface area contributed by atoms with Gasteiger partial charge in [-0.2, -0.15) is 0 Å². The van der Waals surface area contributed by atoms with Gasteiger partial charge in [0.1, 0.15) is 11.4 Å². The number of ether oxygens (including phenoxy) is 1. The number of fused-ring (bicyclic) bond motifs is 3. The Morgan fingerprint density at radius 1 is 1.32 bits per heavy atom. The average Bonchev–Trinajstić information content (AvgIpc) is 3.26. The molecule has 1 N–H and O–H groups in total. The van der Waals surface area contributed by atoms with Gasteiger partial charge in [-0.15, -0.1) is 0 Å². The molecule has 0 bridgehead atoms. The predicted octanol–water partition coefficient (Wildman–Crippen LogP) is 4.50. The van der Waals surface area contributed by atoms with Crippen molar-refractivity contribution in [1.82, 2.24) is 0 Å². The van der Waals surface area contributed by atoms with Crippen LogP contribution in [0.3, 0.4) is 0 Å². The van der Waals surface area contributed by atoms with Crippen LogP contribution >= 0.6 is 0 Å². The summed E-state index contributed by atoms with van der Waals surface area (Å²) in [4.78, 5) is 0. The Kier molecular flexibility index (Phi) is 3.09. The number of hydrogen-bond acceptors (Lipinski definition) is 2. The number of aliphatic hydroxyl groups excluding tert-OH is 1. The number of halogens is 1. The van der Waals surface area contributed by atoms with Crippen molar-refractivity contribution >= 4 is 0 Å². The third kappa shape index (κ3) is 1.69. The Hall–Kier alpha value is -1.09. The first-order valence-electron chi connectivity index (χ1n) is 9.87. The fourth-order valence-corrected chi connectivity index (χ4v) is 7.74. The van der Waals surface area contributed by atoms with E-state index in [1.807, 2.05) is 0 Å². The highest BCUT2D eigenvalue weighted by Crippen LogP contribution is 2.85. The maximum Gasteiger partial charge on any atom is 0.140 e. The maximum atomic E-state index is 15.7. The van der Waals surface area contributed by atoms with Crippen molar-refractivity contribution in [3.05, 3.63) is 29.3 Å². The van der Waals surface area contributed by atoms with Crippen molar-refractivity contribution in [2.45, 2.75) is 57.5 Å². The van der Waals surface area contributed by atoms with E-state index in [1.54, 1.807) is 7.11 Å². The lowest BCUT2D eigenvalue weighted by molar-refractivity contribution is -0.112. The average molecular weight is 344 g/mol. The molecular formula is C22H29FO2. The van der Waals surface area contributed by atoms with E-state index in [0.717, 1.165) is 25.0 Å². The van der Waals surface area contributed by atoms with Crippen LogP contribution in [0.2, 0.25) is 0 Å². The van der Waals surface area contributed by atoms with E-state index in [-0.39, 0.29) is 17.4 Å². The Morgan fingerprint density at radius 2 is 2.12 bits per heavy atom. The molecule has 0 radical (unpaired) electrons. The van der Waals surface area contributed by atoms with E-state index in [2.05, 4.69) is 32.0 Å². The molecule has 2 nitrogen and oxygen atoms in total. The third-order valence-corrected chi connectivity index (χ3v) is 8.88. The molecule has 4 aliphatic rings. The van der Waals surface area contributed by atoms with Crippen LogP contribution in [0.15, 0.2) is 18.2 Å². The molecule has 0 aromatic heterocycles. The van der Waals surface area contributed by atoms with Gasteiger partial charge in [0.05, 0.1) is 13.7 Å². The van der Waals surface area contributed by atoms with Crippen LogP contribution in [0.1, 0.15) is 56.6 Å². The molecule has 3 saturated carbocycles. The van der Waals surface area contributed by atoms with Gasteiger partial charge >= 0.3 is 0 Å². The molecule has 0 amide bonds. The summed E-state index contributed by atoms with van der Waals surface area (Å²) in [5, 5.41) is 9.85. The van der Waals surface area contributed by atoms with Gasteiger partial charge < -0.3 is 9.84 Å². The molecule has 136 valence electrons. The minimum Gasteiger partial charge on any atom is -0.497 e. The highest BCUT2D eigenvalue weighted by molar-refractivity contribution is 5.43. The maximum absolute atomic E-state index is 15.7. The van der Waals surface area contributed by atoms with Gasteiger partial charge in [0.25, 0.3) is 0 Å². The van der Waals surface area contributed by atoms with E-state index in [9.17, 15) is 5.11 Å². The van der Waals surface area contributed by atoms with Crippen LogP contribution in [-0.2, 0) is 6.42 Å². The van der Waals surface area contributed by atoms with Gasteiger partial charge in [0.15, 0.2) is 0 Å². The highest BCUT2D eigenvalue weighted by Gasteiger charge is 2.82. The second kappa shape index (κ2) is 4.79. The van der Waals surface area contributed by atoms with Gasteiger partial charge in [-0.1, -0.05) is 19.9 Å². The van der Waals surface area contributed by atoms with Crippen LogP contribution < -0.4 is 4.74 Å². The zero-order valence-electron chi connectivity index (χ0n) is 15.5. The van der Waals surface area contributed by atoms with Crippen LogP contribution in [-0.4, -0.2) is 24.5 Å². The molecule has 0 unspecified atom stereocenters. The first-order chi connectivity index (χ1) is 11.9. The summed E-state index contributed by atoms with van der Waals surface area (Å²) in [5.41, 5.74) is 1.30. The molecule has 0 saturated heterocycles. The molecule has 1 aromatic carbocycles. The first-order valence-corrected chi connectivity index (χ1v) is 9.87. The Balaban J connectivity index is 1.60. The molecule has 0 aliphatic heterocycles. The molecule has 4 aliphatic carbocycles. The Labute approximate surface area is 149 Å². The smallest absolute Gasteiger partial charge is 0.140 e. The van der Waals surface area contributed by atoms with Gasteiger partial charge in [-0.3, -0.25) is 0 Å². The zero-order valence-corrected chi connectivity index (χ0v) is 15.5. The number of hydrogen-bond donors (Lipinski definition) is 1. The summed E-state index contributed by atoms with van der Waals surface area (Å²) in [6.07, 6.45) is 4.76. The summed E-state index contributed by atoms with van der Waals surface area (Å²) in [5.74, 6) is 3.08. The lowest BCUT2D eigenvalue weighted by atomic mass is 9.48. The second-order valence-corrected chi connectivity index (χ2v) is 9.52. The van der Waals surface area contributed by atoms with Crippen molar-refractivity contribution in [2.75, 3.05) is 13.7 Å². The Morgan fingerprint density at radius 3 is 2.84 bits per heavy atom. The number of methoxy groups -OCH3 is 1. The summed E-state index contributed by atoms with van der Waals surface area (Å²) in [6.45, 7) is 4.22. The number of rotatable bonds is 2. The zero-order chi connectivity index (χ0) is 17.6. The number of benzene rings is 1. The molecule has 5 rings (SSSR count). The van der Waals surface area contributed by atoms with Crippen molar-refractivity contribution in [3.63, 3.8) is 0 Å². The fraction of sp³-hybridized carbons (Fsp3) is 0.727. The monoisotopic (exact) mass is 344 g/mol. The molecule has 3 fully saturated rings. The molecule has 1 aromatic rings. The van der Waals surface area contributed by atoms with Gasteiger partial charge in [-0.25, -0.2) is 4.39 Å². The minimum absolute atomic E-state index is 0.116. The SMILES string of the molecule is COc1ccc2c(c1)C[C@@H](C)[C@@H]1[C@@H]2CC[C@]2(C)[C@@](F)(CO)C[C@@H]3C[C@@]312. The van der Waals surface area contributed by atoms with Gasteiger partial charge in [0, 0.05) is 5.41 Å². The lowest BCUT2D eigenvalue weighted by Gasteiger charge is -2.56. The summed E-state index contributed by atoms with van der Waals surface area (Å²) in [6, 6.07) is 6.56. The predicted molar refractivity (Wildman–Crippen MR) is 95.5 cm³/mol. The van der Waals surface area contributed by atoms with Crippen LogP contribution in [0.25, 0.3) is 0 Å². The van der Waals surface area contributed by atoms with Crippen molar-refractivity contribution in [2.24, 2.45) is 28.6 Å². The number of aliphatic hydroxyl groups is 1. The van der Waals surface area contributed by atoms with Gasteiger partial charge in [-0.05, 0) is 84.5 Å². The third-order valence-electron chi connectivity index (χ3n) is 8.88. The van der Waals surface area contributed by atoms with Crippen LogP contribution in [0.4, 0.5) is 4.39 Å². The standard InChI is InChI=1S/C22H29FO2/c1-13-8-14-9-16(25-3)4-5-17(14)18-6-7-20(2)21(23,12-24)10-15-11-22(15,20)19(13)18/h4-5,9,13,15,18-19,24H,6-8,10-12H2,1-3H3/t13-,15-,18-,19-,20-,21+,22-/m1/s1.